The van der Waals surface area contributed by atoms with Crippen molar-refractivity contribution in [3.8, 4) is 0 Å². The normalized spacial score (nSPS) is 11.4. The molecule has 0 aliphatic heterocycles. The van der Waals surface area contributed by atoms with Gasteiger partial charge in [-0.2, -0.15) is 0 Å². The van der Waals surface area contributed by atoms with E-state index >= 15 is 0 Å². The maximum absolute atomic E-state index is 10.6. The monoisotopic (exact) mass is 266 g/mol. The minimum absolute atomic E-state index is 0.104. The van der Waals surface area contributed by atoms with E-state index in [1.165, 1.54) is 0 Å². The Labute approximate surface area is 116 Å². The van der Waals surface area contributed by atoms with E-state index in [0.29, 0.717) is 0 Å². The summed E-state index contributed by atoms with van der Waals surface area (Å²) in [5, 5.41) is 8.68. The largest absolute Gasteiger partial charge is 0.480 e. The number of aliphatic carboxylic acids is 1. The van der Waals surface area contributed by atoms with Crippen LogP contribution in [0.5, 0.6) is 0 Å². The van der Waals surface area contributed by atoms with Crippen LogP contribution in [0.25, 0.3) is 0 Å². The molecule has 0 aromatic heterocycles. The quantitative estimate of drug-likeness (QED) is 0.798. The van der Waals surface area contributed by atoms with Crippen molar-refractivity contribution in [1.29, 1.82) is 0 Å². The number of aryl methyl sites for hydroxylation is 1. The van der Waals surface area contributed by atoms with E-state index in [2.05, 4.69) is 6.92 Å². The van der Waals surface area contributed by atoms with Crippen molar-refractivity contribution in [3.63, 3.8) is 0 Å². The van der Waals surface area contributed by atoms with Crippen LogP contribution >= 0.6 is 0 Å². The van der Waals surface area contributed by atoms with Gasteiger partial charge in [0.1, 0.15) is 6.61 Å². The van der Waals surface area contributed by atoms with Gasteiger partial charge in [-0.3, -0.25) is 0 Å². The van der Waals surface area contributed by atoms with Gasteiger partial charge < -0.3 is 9.84 Å². The molecule has 108 valence electrons. The zero-order valence-corrected chi connectivity index (χ0v) is 12.5. The topological polar surface area (TPSA) is 46.5 Å². The van der Waals surface area contributed by atoms with Crippen LogP contribution in [0.3, 0.4) is 0 Å². The Bertz CT molecular complexity index is 361. The van der Waals surface area contributed by atoms with Gasteiger partial charge in [-0.25, -0.2) is 4.79 Å². The van der Waals surface area contributed by atoms with Gasteiger partial charge in [-0.1, -0.05) is 57.9 Å². The van der Waals surface area contributed by atoms with Crippen molar-refractivity contribution in [2.75, 3.05) is 6.61 Å². The third-order valence-corrected chi connectivity index (χ3v) is 2.76. The van der Waals surface area contributed by atoms with Crippen molar-refractivity contribution >= 4 is 5.97 Å². The van der Waals surface area contributed by atoms with Crippen molar-refractivity contribution in [1.82, 2.24) is 0 Å². The van der Waals surface area contributed by atoms with Crippen LogP contribution < -0.4 is 0 Å². The minimum atomic E-state index is -0.917. The maximum atomic E-state index is 10.6. The fourth-order valence-corrected chi connectivity index (χ4v) is 1.84. The van der Waals surface area contributed by atoms with E-state index in [9.17, 15) is 4.79 Å². The molecule has 0 aliphatic carbocycles. The SMILES string of the molecule is CC.CCCCC(OCC(=O)O)c1ccccc1C. The Balaban J connectivity index is 0.00000154. The Morgan fingerprint density at radius 1 is 1.32 bits per heavy atom. The molecule has 0 radical (unpaired) electrons. The maximum Gasteiger partial charge on any atom is 0.329 e. The number of hydrogen-bond acceptors (Lipinski definition) is 2. The van der Waals surface area contributed by atoms with Crippen molar-refractivity contribution in [2.45, 2.75) is 53.1 Å². The van der Waals surface area contributed by atoms with E-state index in [4.69, 9.17) is 9.84 Å². The summed E-state index contributed by atoms with van der Waals surface area (Å²) in [4.78, 5) is 10.6. The molecule has 0 saturated carbocycles. The van der Waals surface area contributed by atoms with Gasteiger partial charge in [0.15, 0.2) is 0 Å². The van der Waals surface area contributed by atoms with Crippen LogP contribution in [0.2, 0.25) is 0 Å². The molecule has 19 heavy (non-hydrogen) atoms. The molecule has 0 amide bonds. The molecule has 1 rings (SSSR count). The van der Waals surface area contributed by atoms with Crippen molar-refractivity contribution < 1.29 is 14.6 Å². The van der Waals surface area contributed by atoms with Gasteiger partial charge in [-0.15, -0.1) is 0 Å². The van der Waals surface area contributed by atoms with Crippen LogP contribution in [0.15, 0.2) is 24.3 Å². The lowest BCUT2D eigenvalue weighted by molar-refractivity contribution is -0.144. The smallest absolute Gasteiger partial charge is 0.329 e. The first-order valence-electron chi connectivity index (χ1n) is 7.04. The first kappa shape index (κ1) is 17.6. The Morgan fingerprint density at radius 3 is 2.47 bits per heavy atom. The molecule has 1 unspecified atom stereocenters. The van der Waals surface area contributed by atoms with Gasteiger partial charge in [0.05, 0.1) is 6.10 Å². The molecule has 1 N–H and O–H groups in total. The highest BCUT2D eigenvalue weighted by molar-refractivity contribution is 5.68. The van der Waals surface area contributed by atoms with Gasteiger partial charge in [-0.05, 0) is 24.5 Å². The van der Waals surface area contributed by atoms with Gasteiger partial charge in [0, 0.05) is 0 Å². The standard InChI is InChI=1S/C14H20O3.C2H6/c1-3-4-9-13(17-10-14(15)16)12-8-6-5-7-11(12)2;1-2/h5-8,13H,3-4,9-10H2,1-2H3,(H,15,16);1-2H3. The van der Waals surface area contributed by atoms with Crippen LogP contribution in [0, 0.1) is 6.92 Å². The fraction of sp³-hybridized carbons (Fsp3) is 0.562. The highest BCUT2D eigenvalue weighted by Crippen LogP contribution is 2.26. The number of benzene rings is 1. The van der Waals surface area contributed by atoms with E-state index in [1.807, 2.05) is 45.0 Å². The van der Waals surface area contributed by atoms with E-state index in [1.54, 1.807) is 0 Å². The molecule has 0 aliphatic rings. The molecule has 3 nitrogen and oxygen atoms in total. The second-order valence-corrected chi connectivity index (χ2v) is 4.19. The Morgan fingerprint density at radius 2 is 1.95 bits per heavy atom. The minimum Gasteiger partial charge on any atom is -0.480 e. The number of rotatable bonds is 7. The zero-order chi connectivity index (χ0) is 14.7. The second kappa shape index (κ2) is 10.6. The van der Waals surface area contributed by atoms with Crippen LogP contribution in [0.4, 0.5) is 0 Å². The number of carboxylic acids is 1. The molecule has 1 atom stereocenters. The summed E-state index contributed by atoms with van der Waals surface area (Å²) >= 11 is 0. The number of unbranched alkanes of at least 4 members (excludes halogenated alkanes) is 1. The highest BCUT2D eigenvalue weighted by atomic mass is 16.5. The highest BCUT2D eigenvalue weighted by Gasteiger charge is 2.14. The summed E-state index contributed by atoms with van der Waals surface area (Å²) < 4.78 is 5.47. The van der Waals surface area contributed by atoms with Crippen LogP contribution in [-0.4, -0.2) is 17.7 Å². The number of hydrogen-bond donors (Lipinski definition) is 1. The molecule has 0 saturated heterocycles. The first-order valence-corrected chi connectivity index (χ1v) is 7.04. The molecule has 1 aromatic rings. The third-order valence-electron chi connectivity index (χ3n) is 2.76. The lowest BCUT2D eigenvalue weighted by Gasteiger charge is -2.19. The molecule has 0 fully saturated rings. The lowest BCUT2D eigenvalue weighted by Crippen LogP contribution is -2.13. The van der Waals surface area contributed by atoms with Gasteiger partial charge >= 0.3 is 5.97 Å². The summed E-state index contributed by atoms with van der Waals surface area (Å²) in [7, 11) is 0. The average Bonchev–Trinajstić information content (AvgIpc) is 2.42. The lowest BCUT2D eigenvalue weighted by atomic mass is 9.99. The molecule has 3 heteroatoms. The molecular formula is C16H26O3. The molecular weight excluding hydrogens is 240 g/mol. The molecule has 0 spiro atoms. The third kappa shape index (κ3) is 6.97. The van der Waals surface area contributed by atoms with Gasteiger partial charge in [0.2, 0.25) is 0 Å². The summed E-state index contributed by atoms with van der Waals surface area (Å²) in [6.45, 7) is 7.91. The predicted molar refractivity (Wildman–Crippen MR) is 78.4 cm³/mol. The van der Waals surface area contributed by atoms with Crippen LogP contribution in [-0.2, 0) is 9.53 Å². The zero-order valence-electron chi connectivity index (χ0n) is 12.5. The predicted octanol–water partition coefficient (Wildman–Crippen LogP) is 4.35. The van der Waals surface area contributed by atoms with E-state index in [-0.39, 0.29) is 12.7 Å². The molecule has 1 aromatic carbocycles. The molecule has 0 heterocycles. The average molecular weight is 266 g/mol. The van der Waals surface area contributed by atoms with Gasteiger partial charge in [0.25, 0.3) is 0 Å². The fourth-order valence-electron chi connectivity index (χ4n) is 1.84. The van der Waals surface area contributed by atoms with Crippen LogP contribution in [0.1, 0.15) is 57.3 Å². The summed E-state index contributed by atoms with van der Waals surface area (Å²) in [6.07, 6.45) is 2.89. The second-order valence-electron chi connectivity index (χ2n) is 4.19. The van der Waals surface area contributed by atoms with E-state index in [0.717, 1.165) is 30.4 Å². The molecule has 0 bridgehead atoms. The summed E-state index contributed by atoms with van der Waals surface area (Å²) in [5.41, 5.74) is 2.25. The van der Waals surface area contributed by atoms with Crippen molar-refractivity contribution in [3.05, 3.63) is 35.4 Å². The number of carbonyl (C=O) groups is 1. The Hall–Kier alpha value is -1.35. The Kier molecular flexibility index (Phi) is 9.81. The first-order chi connectivity index (χ1) is 9.15. The summed E-state index contributed by atoms with van der Waals surface area (Å²) in [6, 6.07) is 7.98. The van der Waals surface area contributed by atoms with E-state index < -0.39 is 5.97 Å². The summed E-state index contributed by atoms with van der Waals surface area (Å²) in [5.74, 6) is -0.917. The number of carboxylic acid groups (broad SMARTS) is 1. The number of ether oxygens (including phenoxy) is 1. The van der Waals surface area contributed by atoms with Crippen molar-refractivity contribution in [2.24, 2.45) is 0 Å².